The molecule has 0 spiro atoms. The highest BCUT2D eigenvalue weighted by Crippen LogP contribution is 2.27. The van der Waals surface area contributed by atoms with Crippen molar-refractivity contribution in [1.82, 2.24) is 14.5 Å². The fourth-order valence-corrected chi connectivity index (χ4v) is 2.53. The number of aryl methyl sites for hydroxylation is 1. The number of hydrogen-bond acceptors (Lipinski definition) is 5. The number of aromatic nitrogens is 3. The maximum atomic E-state index is 11.4. The Labute approximate surface area is 107 Å². The maximum absolute atomic E-state index is 11.4. The summed E-state index contributed by atoms with van der Waals surface area (Å²) < 4.78 is 6.41. The second kappa shape index (κ2) is 4.46. The number of hydrogen-bond donors (Lipinski definition) is 0. The van der Waals surface area contributed by atoms with Crippen LogP contribution in [0, 0.1) is 13.8 Å². The fraction of sp³-hybridized carbons (Fsp3) is 0.300. The molecule has 0 aliphatic rings. The molecule has 2 aromatic rings. The van der Waals surface area contributed by atoms with Gasteiger partial charge in [-0.2, -0.15) is 0 Å². The number of esters is 1. The van der Waals surface area contributed by atoms with Gasteiger partial charge in [0.25, 0.3) is 0 Å². The van der Waals surface area contributed by atoms with Crippen molar-refractivity contribution in [3.8, 4) is 5.13 Å². The third-order valence-corrected chi connectivity index (χ3v) is 3.82. The largest absolute Gasteiger partial charge is 0.465 e. The van der Waals surface area contributed by atoms with Gasteiger partial charge >= 0.3 is 5.97 Å². The summed E-state index contributed by atoms with van der Waals surface area (Å²) in [6.07, 6.45) is 1.65. The van der Waals surface area contributed by atoms with Gasteiger partial charge in [0, 0.05) is 5.69 Å². The standard InChI is InChI=1S/C10H10ClN3O2S/c1-5-6(2)14(4-12-5)10-13-8(11)7(17-10)9(15)16-3/h4H,1-3H3. The van der Waals surface area contributed by atoms with E-state index in [0.717, 1.165) is 11.4 Å². The number of carbonyl (C=O) groups is 1. The summed E-state index contributed by atoms with van der Waals surface area (Å²) in [6.45, 7) is 3.83. The molecule has 0 fully saturated rings. The minimum atomic E-state index is -0.478. The van der Waals surface area contributed by atoms with Gasteiger partial charge in [-0.25, -0.2) is 14.8 Å². The molecule has 0 aliphatic heterocycles. The van der Waals surface area contributed by atoms with E-state index in [1.807, 2.05) is 13.8 Å². The van der Waals surface area contributed by atoms with Crippen LogP contribution in [0.2, 0.25) is 5.15 Å². The van der Waals surface area contributed by atoms with Gasteiger partial charge in [-0.15, -0.1) is 0 Å². The normalized spacial score (nSPS) is 10.6. The number of rotatable bonds is 2. The predicted octanol–water partition coefficient (Wildman–Crippen LogP) is 2.39. The quantitative estimate of drug-likeness (QED) is 0.787. The van der Waals surface area contributed by atoms with E-state index >= 15 is 0 Å². The zero-order chi connectivity index (χ0) is 12.6. The van der Waals surface area contributed by atoms with Crippen LogP contribution in [0.25, 0.3) is 5.13 Å². The number of ether oxygens (including phenoxy) is 1. The van der Waals surface area contributed by atoms with E-state index in [2.05, 4.69) is 14.7 Å². The topological polar surface area (TPSA) is 57.0 Å². The van der Waals surface area contributed by atoms with Crippen LogP contribution < -0.4 is 0 Å². The fourth-order valence-electron chi connectivity index (χ4n) is 1.30. The number of nitrogens with zero attached hydrogens (tertiary/aromatic N) is 3. The number of imidazole rings is 1. The predicted molar refractivity (Wildman–Crippen MR) is 65.1 cm³/mol. The highest BCUT2D eigenvalue weighted by molar-refractivity contribution is 7.16. The first-order valence-corrected chi connectivity index (χ1v) is 5.99. The highest BCUT2D eigenvalue weighted by Gasteiger charge is 2.19. The van der Waals surface area contributed by atoms with Crippen LogP contribution in [0.1, 0.15) is 21.1 Å². The molecule has 0 saturated heterocycles. The van der Waals surface area contributed by atoms with E-state index in [1.165, 1.54) is 18.4 Å². The highest BCUT2D eigenvalue weighted by atomic mass is 35.5. The van der Waals surface area contributed by atoms with E-state index in [1.54, 1.807) is 10.9 Å². The molecule has 0 atom stereocenters. The summed E-state index contributed by atoms with van der Waals surface area (Å²) >= 11 is 7.07. The SMILES string of the molecule is COC(=O)c1sc(-n2cnc(C)c2C)nc1Cl. The Morgan fingerprint density at radius 1 is 1.53 bits per heavy atom. The zero-order valence-corrected chi connectivity index (χ0v) is 11.1. The van der Waals surface area contributed by atoms with E-state index in [0.29, 0.717) is 10.0 Å². The summed E-state index contributed by atoms with van der Waals surface area (Å²) in [5.41, 5.74) is 1.88. The Morgan fingerprint density at radius 2 is 2.24 bits per heavy atom. The van der Waals surface area contributed by atoms with Gasteiger partial charge < -0.3 is 4.74 Å². The van der Waals surface area contributed by atoms with Gasteiger partial charge in [0.05, 0.1) is 12.8 Å². The average Bonchev–Trinajstić information content (AvgIpc) is 2.83. The van der Waals surface area contributed by atoms with Crippen molar-refractivity contribution in [3.63, 3.8) is 0 Å². The molecular formula is C10H10ClN3O2S. The Bertz CT molecular complexity index is 576. The van der Waals surface area contributed by atoms with Crippen LogP contribution in [-0.2, 0) is 4.74 Å². The maximum Gasteiger partial charge on any atom is 0.351 e. The van der Waals surface area contributed by atoms with Gasteiger partial charge in [-0.3, -0.25) is 4.57 Å². The Hall–Kier alpha value is -1.40. The van der Waals surface area contributed by atoms with Crippen molar-refractivity contribution in [1.29, 1.82) is 0 Å². The van der Waals surface area contributed by atoms with Crippen molar-refractivity contribution < 1.29 is 9.53 Å². The van der Waals surface area contributed by atoms with E-state index in [-0.39, 0.29) is 5.15 Å². The summed E-state index contributed by atoms with van der Waals surface area (Å²) in [5, 5.41) is 0.760. The number of carbonyl (C=O) groups excluding carboxylic acids is 1. The first-order chi connectivity index (χ1) is 8.04. The molecule has 2 rings (SSSR count). The van der Waals surface area contributed by atoms with Crippen LogP contribution in [0.15, 0.2) is 6.33 Å². The Morgan fingerprint density at radius 3 is 2.76 bits per heavy atom. The van der Waals surface area contributed by atoms with Crippen molar-refractivity contribution in [2.75, 3.05) is 7.11 Å². The van der Waals surface area contributed by atoms with Crippen LogP contribution in [-0.4, -0.2) is 27.6 Å². The van der Waals surface area contributed by atoms with Crippen molar-refractivity contribution in [2.45, 2.75) is 13.8 Å². The van der Waals surface area contributed by atoms with E-state index in [4.69, 9.17) is 11.6 Å². The van der Waals surface area contributed by atoms with Crippen LogP contribution >= 0.6 is 22.9 Å². The molecule has 0 amide bonds. The first-order valence-electron chi connectivity index (χ1n) is 4.80. The Balaban J connectivity index is 2.48. The van der Waals surface area contributed by atoms with Gasteiger partial charge in [0.2, 0.25) is 0 Å². The molecular weight excluding hydrogens is 262 g/mol. The second-order valence-corrected chi connectivity index (χ2v) is 4.73. The number of methoxy groups -OCH3 is 1. The van der Waals surface area contributed by atoms with Gasteiger partial charge in [0.1, 0.15) is 6.33 Å². The zero-order valence-electron chi connectivity index (χ0n) is 9.52. The number of halogens is 1. The molecule has 0 aliphatic carbocycles. The number of thiazole rings is 1. The third kappa shape index (κ3) is 2.05. The minimum absolute atomic E-state index is 0.155. The second-order valence-electron chi connectivity index (χ2n) is 3.39. The third-order valence-electron chi connectivity index (χ3n) is 2.40. The van der Waals surface area contributed by atoms with E-state index in [9.17, 15) is 4.79 Å². The lowest BCUT2D eigenvalue weighted by atomic mass is 10.4. The van der Waals surface area contributed by atoms with Gasteiger partial charge in [0.15, 0.2) is 15.2 Å². The molecule has 17 heavy (non-hydrogen) atoms. The van der Waals surface area contributed by atoms with Gasteiger partial charge in [-0.05, 0) is 13.8 Å². The smallest absolute Gasteiger partial charge is 0.351 e. The summed E-state index contributed by atoms with van der Waals surface area (Å²) in [5.74, 6) is -0.478. The molecule has 2 aromatic heterocycles. The first kappa shape index (κ1) is 12.1. The average molecular weight is 272 g/mol. The molecule has 2 heterocycles. The monoisotopic (exact) mass is 271 g/mol. The molecule has 0 bridgehead atoms. The Kier molecular flexibility index (Phi) is 3.17. The van der Waals surface area contributed by atoms with Crippen LogP contribution in [0.3, 0.4) is 0 Å². The van der Waals surface area contributed by atoms with Crippen LogP contribution in [0.5, 0.6) is 0 Å². The molecule has 0 radical (unpaired) electrons. The molecule has 5 nitrogen and oxygen atoms in total. The summed E-state index contributed by atoms with van der Waals surface area (Å²) in [4.78, 5) is 20.0. The van der Waals surface area contributed by atoms with Crippen molar-refractivity contribution in [2.24, 2.45) is 0 Å². The molecule has 0 unspecified atom stereocenters. The summed E-state index contributed by atoms with van der Waals surface area (Å²) in [7, 11) is 1.31. The molecule has 0 saturated carbocycles. The van der Waals surface area contributed by atoms with Crippen molar-refractivity contribution >= 4 is 28.9 Å². The van der Waals surface area contributed by atoms with Crippen LogP contribution in [0.4, 0.5) is 0 Å². The lowest BCUT2D eigenvalue weighted by molar-refractivity contribution is 0.0606. The molecule has 90 valence electrons. The molecule has 7 heteroatoms. The van der Waals surface area contributed by atoms with Gasteiger partial charge in [-0.1, -0.05) is 22.9 Å². The summed E-state index contributed by atoms with van der Waals surface area (Å²) in [6, 6.07) is 0. The molecule has 0 N–H and O–H groups in total. The minimum Gasteiger partial charge on any atom is -0.465 e. The van der Waals surface area contributed by atoms with E-state index < -0.39 is 5.97 Å². The van der Waals surface area contributed by atoms with Crippen molar-refractivity contribution in [3.05, 3.63) is 27.7 Å². The molecule has 0 aromatic carbocycles. The lowest BCUT2D eigenvalue weighted by Gasteiger charge is -1.98. The lowest BCUT2D eigenvalue weighted by Crippen LogP contribution is -1.98.